The minimum atomic E-state index is -2.92. The smallest absolute Gasteiger partial charge is 0.907 e. The van der Waals surface area contributed by atoms with E-state index in [2.05, 4.69) is 0 Å². The molecule has 0 unspecified atom stereocenters. The Labute approximate surface area is 175 Å². The van der Waals surface area contributed by atoms with Gasteiger partial charge in [-0.3, -0.25) is 22.0 Å². The summed E-state index contributed by atoms with van der Waals surface area (Å²) in [6, 6.07) is 0. The van der Waals surface area contributed by atoms with Crippen molar-refractivity contribution >= 4 is 70.8 Å². The molecule has 0 aliphatic rings. The average Bonchev–Trinajstić information content (AvgIpc) is 1.54. The molecule has 1 radical (unpaired) electrons. The minimum Gasteiger partial charge on any atom is -0.907 e. The van der Waals surface area contributed by atoms with E-state index in [0.717, 1.165) is 0 Å². The number of rotatable bonds is 0. The Kier molecular flexibility index (Phi) is 73.7. The van der Waals surface area contributed by atoms with Gasteiger partial charge in [0.1, 0.15) is 0 Å². The van der Waals surface area contributed by atoms with Gasteiger partial charge in [-0.15, -0.1) is 0 Å². The summed E-state index contributed by atoms with van der Waals surface area (Å²) in [4.78, 5) is 0. The molecule has 15 heteroatoms. The number of hydrogen-bond acceptors (Lipinski definition) is 9. The molecule has 0 amide bonds. The summed E-state index contributed by atoms with van der Waals surface area (Å²) >= 11 is 0. The molecule has 0 N–H and O–H groups in total. The van der Waals surface area contributed by atoms with Gasteiger partial charge in [-0.1, -0.05) is 0 Å². The predicted molar refractivity (Wildman–Crippen MR) is 23.0 cm³/mol. The molecule has 15 heavy (non-hydrogen) atoms. The molecule has 0 aliphatic carbocycles. The van der Waals surface area contributed by atoms with Crippen LogP contribution in [0.25, 0.3) is 0 Å². The average molecular weight is 506 g/mol. The van der Waals surface area contributed by atoms with Crippen molar-refractivity contribution in [2.24, 2.45) is 0 Å². The molecule has 0 saturated carbocycles. The fraction of sp³-hybridized carbons (Fsp3) is 0. The first kappa shape index (κ1) is 36.3. The van der Waals surface area contributed by atoms with E-state index in [0.29, 0.717) is 0 Å². The summed E-state index contributed by atoms with van der Waals surface area (Å²) in [5.74, 6) is 0. The molecule has 0 spiro atoms. The van der Waals surface area contributed by atoms with Crippen LogP contribution in [0.2, 0.25) is 0 Å². The molecule has 0 fully saturated rings. The third-order valence-electron chi connectivity index (χ3n) is 0. The van der Waals surface area contributed by atoms with E-state index in [1.807, 2.05) is 0 Å². The summed E-state index contributed by atoms with van der Waals surface area (Å²) in [5, 5.41) is 75.8. The molecular weight excluding hydrogens is 506 g/mol. The molecular formula is B3BaNdO9Ti. The van der Waals surface area contributed by atoms with Crippen LogP contribution in [0.4, 0.5) is 0 Å². The van der Waals surface area contributed by atoms with Crippen molar-refractivity contribution in [3.8, 4) is 0 Å². The van der Waals surface area contributed by atoms with Crippen LogP contribution in [0, 0.1) is 40.8 Å². The molecule has 0 rings (SSSR count). The second-order valence-corrected chi connectivity index (χ2v) is 0.866. The first-order valence-corrected chi connectivity index (χ1v) is 2.12. The second kappa shape index (κ2) is 30.5. The van der Waals surface area contributed by atoms with Crippen molar-refractivity contribution < 1.29 is 108 Å². The maximum Gasteiger partial charge on any atom is 4.00 e. The quantitative estimate of drug-likeness (QED) is 0.286. The van der Waals surface area contributed by atoms with E-state index < -0.39 is 22.0 Å². The van der Waals surface area contributed by atoms with Gasteiger partial charge in [0.05, 0.1) is 0 Å². The van der Waals surface area contributed by atoms with E-state index in [1.165, 1.54) is 0 Å². The van der Waals surface area contributed by atoms with Gasteiger partial charge < -0.3 is 45.2 Å². The van der Waals surface area contributed by atoms with Gasteiger partial charge >= 0.3 is 111 Å². The molecule has 0 bridgehead atoms. The zero-order chi connectivity index (χ0) is 10.7. The Hall–Kier alpha value is 3.47. The molecule has 0 heterocycles. The zero-order valence-corrected chi connectivity index (χ0v) is 16.3. The van der Waals surface area contributed by atoms with Crippen LogP contribution in [0.3, 0.4) is 0 Å². The third-order valence-corrected chi connectivity index (χ3v) is 0. The van der Waals surface area contributed by atoms with E-state index in [4.69, 9.17) is 45.2 Å². The molecule has 0 aromatic rings. The maximum atomic E-state index is 8.42. The first-order chi connectivity index (χ1) is 5.20. The van der Waals surface area contributed by atoms with E-state index in [1.54, 1.807) is 0 Å². The molecule has 0 aromatic carbocycles. The second-order valence-electron chi connectivity index (χ2n) is 0.866. The molecule has 0 aromatic heterocycles. The molecule has 0 atom stereocenters. The summed E-state index contributed by atoms with van der Waals surface area (Å²) in [7, 11) is -8.75. The van der Waals surface area contributed by atoms with Gasteiger partial charge in [0.15, 0.2) is 0 Å². The van der Waals surface area contributed by atoms with Crippen LogP contribution in [-0.4, -0.2) is 70.8 Å². The normalized spacial score (nSPS) is 5.40. The number of hydrogen-bond donors (Lipinski definition) is 0. The third kappa shape index (κ3) is 347. The fourth-order valence-electron chi connectivity index (χ4n) is 0. The minimum absolute atomic E-state index is 0. The van der Waals surface area contributed by atoms with Crippen LogP contribution in [0.1, 0.15) is 0 Å². The SMILES string of the molecule is [Ba+2].[Nd+3].[O-]B([O-])[O-].[O-]B([O-])[O-].[O-]B([O-])[O-].[Ti+4]. The van der Waals surface area contributed by atoms with E-state index >= 15 is 0 Å². The van der Waals surface area contributed by atoms with Crippen LogP contribution in [0.5, 0.6) is 0 Å². The Morgan fingerprint density at radius 2 is 0.467 bits per heavy atom. The van der Waals surface area contributed by atoms with Crippen molar-refractivity contribution in [1.29, 1.82) is 0 Å². The van der Waals surface area contributed by atoms with Crippen molar-refractivity contribution in [3.05, 3.63) is 0 Å². The monoisotopic (exact) mass is 505 g/mol. The Morgan fingerprint density at radius 3 is 0.467 bits per heavy atom. The van der Waals surface area contributed by atoms with Crippen molar-refractivity contribution in [3.63, 3.8) is 0 Å². The Bertz CT molecular complexity index is 53.8. The largest absolute Gasteiger partial charge is 4.00 e. The first-order valence-electron chi connectivity index (χ1n) is 2.12. The summed E-state index contributed by atoms with van der Waals surface area (Å²) < 4.78 is 0. The summed E-state index contributed by atoms with van der Waals surface area (Å²) in [6.07, 6.45) is 0. The van der Waals surface area contributed by atoms with Crippen LogP contribution >= 0.6 is 0 Å². The molecule has 9 nitrogen and oxygen atoms in total. The van der Waals surface area contributed by atoms with Crippen LogP contribution in [0.15, 0.2) is 0 Å². The van der Waals surface area contributed by atoms with Crippen LogP contribution in [-0.2, 0) is 21.7 Å². The zero-order valence-electron chi connectivity index (χ0n) is 7.11. The van der Waals surface area contributed by atoms with Gasteiger partial charge in [-0.25, -0.2) is 0 Å². The van der Waals surface area contributed by atoms with Gasteiger partial charge in [0.25, 0.3) is 0 Å². The predicted octanol–water partition coefficient (Wildman–Crippen LogP) is -12.2. The van der Waals surface area contributed by atoms with Crippen molar-refractivity contribution in [2.75, 3.05) is 0 Å². The Balaban J connectivity index is -0.0000000184. The van der Waals surface area contributed by atoms with Gasteiger partial charge in [0, 0.05) is 0 Å². The Morgan fingerprint density at radius 1 is 0.467 bits per heavy atom. The van der Waals surface area contributed by atoms with Gasteiger partial charge in [-0.2, -0.15) is 0 Å². The van der Waals surface area contributed by atoms with E-state index in [-0.39, 0.29) is 111 Å². The molecule has 0 saturated heterocycles. The standard InChI is InChI=1S/3BO3.Ba.Nd.Ti/c3*2-1(3)4;;;/q3*-3;+2;+3;+4. The van der Waals surface area contributed by atoms with Gasteiger partial charge in [0.2, 0.25) is 0 Å². The fourth-order valence-corrected chi connectivity index (χ4v) is 0. The van der Waals surface area contributed by atoms with Crippen molar-refractivity contribution in [2.45, 2.75) is 0 Å². The topological polar surface area (TPSA) is 208 Å². The molecule has 73 valence electrons. The van der Waals surface area contributed by atoms with Crippen molar-refractivity contribution in [1.82, 2.24) is 0 Å². The van der Waals surface area contributed by atoms with Crippen LogP contribution < -0.4 is 45.2 Å². The van der Waals surface area contributed by atoms with Gasteiger partial charge in [-0.05, 0) is 0 Å². The maximum absolute atomic E-state index is 8.42. The summed E-state index contributed by atoms with van der Waals surface area (Å²) in [6.45, 7) is 0. The summed E-state index contributed by atoms with van der Waals surface area (Å²) in [5.41, 5.74) is 0. The van der Waals surface area contributed by atoms with E-state index in [9.17, 15) is 0 Å². The molecule has 0 aliphatic heterocycles.